The summed E-state index contributed by atoms with van der Waals surface area (Å²) in [6.07, 6.45) is 0. The molecule has 9 heteroatoms. The van der Waals surface area contributed by atoms with E-state index in [9.17, 15) is 18.5 Å². The van der Waals surface area contributed by atoms with Gasteiger partial charge in [-0.05, 0) is 18.2 Å². The molecule has 1 heterocycles. The van der Waals surface area contributed by atoms with Crippen molar-refractivity contribution in [3.63, 3.8) is 0 Å². The lowest BCUT2D eigenvalue weighted by Crippen LogP contribution is -2.49. The van der Waals surface area contributed by atoms with Crippen LogP contribution in [-0.4, -0.2) is 61.9 Å². The molecule has 0 atom stereocenters. The van der Waals surface area contributed by atoms with E-state index < -0.39 is 14.9 Å². The van der Waals surface area contributed by atoms with Gasteiger partial charge in [-0.1, -0.05) is 24.3 Å². The number of benzene rings is 2. The van der Waals surface area contributed by atoms with Crippen molar-refractivity contribution in [2.75, 3.05) is 39.3 Å². The Morgan fingerprint density at radius 3 is 2.37 bits per heavy atom. The molecule has 2 aromatic rings. The summed E-state index contributed by atoms with van der Waals surface area (Å²) >= 11 is 0. The molecular weight excluding hydrogens is 370 g/mol. The first-order chi connectivity index (χ1) is 13.0. The molecule has 8 nitrogen and oxygen atoms in total. The first-order valence-electron chi connectivity index (χ1n) is 8.61. The number of nitro groups is 1. The Balaban J connectivity index is 1.47. The van der Waals surface area contributed by atoms with E-state index >= 15 is 0 Å². The highest BCUT2D eigenvalue weighted by Crippen LogP contribution is 2.19. The number of nitrogens with zero attached hydrogens (tertiary/aromatic N) is 3. The minimum Gasteiger partial charge on any atom is -0.492 e. The van der Waals surface area contributed by atoms with Gasteiger partial charge in [0.2, 0.25) is 10.0 Å². The molecule has 1 fully saturated rings. The summed E-state index contributed by atoms with van der Waals surface area (Å²) in [5, 5.41) is 10.8. The fourth-order valence-corrected chi connectivity index (χ4v) is 4.36. The van der Waals surface area contributed by atoms with Crippen molar-refractivity contribution in [3.8, 4) is 5.75 Å². The number of sulfonamides is 1. The van der Waals surface area contributed by atoms with E-state index in [4.69, 9.17) is 4.74 Å². The lowest BCUT2D eigenvalue weighted by Gasteiger charge is -2.33. The summed E-state index contributed by atoms with van der Waals surface area (Å²) < 4.78 is 32.3. The van der Waals surface area contributed by atoms with Gasteiger partial charge in [-0.2, -0.15) is 4.31 Å². The first kappa shape index (κ1) is 19.3. The molecule has 0 aliphatic carbocycles. The lowest BCUT2D eigenvalue weighted by atomic mass is 10.3. The predicted octanol–water partition coefficient (Wildman–Crippen LogP) is 1.98. The van der Waals surface area contributed by atoms with Gasteiger partial charge in [0.25, 0.3) is 5.69 Å². The van der Waals surface area contributed by atoms with Crippen molar-refractivity contribution in [1.82, 2.24) is 9.21 Å². The van der Waals surface area contributed by atoms with E-state index in [0.717, 1.165) is 0 Å². The Morgan fingerprint density at radius 1 is 1.00 bits per heavy atom. The van der Waals surface area contributed by atoms with E-state index in [1.165, 1.54) is 16.4 Å². The zero-order valence-electron chi connectivity index (χ0n) is 14.7. The minimum absolute atomic E-state index is 0.00719. The minimum atomic E-state index is -3.45. The highest BCUT2D eigenvalue weighted by Gasteiger charge is 2.28. The van der Waals surface area contributed by atoms with Crippen LogP contribution in [0.3, 0.4) is 0 Å². The molecule has 0 spiro atoms. The zero-order chi connectivity index (χ0) is 19.3. The third-order valence-electron chi connectivity index (χ3n) is 4.42. The Bertz CT molecular complexity index is 881. The van der Waals surface area contributed by atoms with Gasteiger partial charge in [0.1, 0.15) is 12.4 Å². The summed E-state index contributed by atoms with van der Waals surface area (Å²) in [5.74, 6) is 0.453. The van der Waals surface area contributed by atoms with Crippen LogP contribution in [0.2, 0.25) is 0 Å². The molecule has 2 aromatic carbocycles. The third kappa shape index (κ3) is 4.82. The molecule has 144 valence electrons. The smallest absolute Gasteiger partial charge is 0.273 e. The summed E-state index contributed by atoms with van der Waals surface area (Å²) in [6, 6.07) is 14.5. The molecule has 1 saturated heterocycles. The molecule has 27 heavy (non-hydrogen) atoms. The quantitative estimate of drug-likeness (QED) is 0.529. The Hall–Kier alpha value is -2.49. The molecule has 1 aliphatic rings. The van der Waals surface area contributed by atoms with Crippen molar-refractivity contribution < 1.29 is 18.1 Å². The number of nitro benzene ring substituents is 1. The summed E-state index contributed by atoms with van der Waals surface area (Å²) in [4.78, 5) is 12.7. The van der Waals surface area contributed by atoms with Crippen LogP contribution in [0.5, 0.6) is 5.75 Å². The highest BCUT2D eigenvalue weighted by atomic mass is 32.2. The van der Waals surface area contributed by atoms with Gasteiger partial charge in [-0.15, -0.1) is 0 Å². The SMILES string of the molecule is O=[N+]([O-])c1cccc(OCCN2CCN(S(=O)(=O)c3ccccc3)CC2)c1. The normalized spacial score (nSPS) is 16.1. The summed E-state index contributed by atoms with van der Waals surface area (Å²) in [7, 11) is -3.45. The van der Waals surface area contributed by atoms with Crippen LogP contribution in [0.25, 0.3) is 0 Å². The Labute approximate surface area is 158 Å². The fourth-order valence-electron chi connectivity index (χ4n) is 2.91. The number of hydrogen-bond acceptors (Lipinski definition) is 6. The average molecular weight is 391 g/mol. The van der Waals surface area contributed by atoms with Crippen LogP contribution in [0.4, 0.5) is 5.69 Å². The van der Waals surface area contributed by atoms with Crippen molar-refractivity contribution in [1.29, 1.82) is 0 Å². The number of hydrogen-bond donors (Lipinski definition) is 0. The molecule has 0 N–H and O–H groups in total. The van der Waals surface area contributed by atoms with E-state index in [1.807, 2.05) is 0 Å². The molecule has 0 radical (unpaired) electrons. The van der Waals surface area contributed by atoms with Crippen molar-refractivity contribution in [3.05, 3.63) is 64.7 Å². The average Bonchev–Trinajstić information content (AvgIpc) is 2.69. The van der Waals surface area contributed by atoms with Crippen molar-refractivity contribution in [2.24, 2.45) is 0 Å². The van der Waals surface area contributed by atoms with Gasteiger partial charge < -0.3 is 4.74 Å². The van der Waals surface area contributed by atoms with E-state index in [0.29, 0.717) is 50.0 Å². The molecular formula is C18H21N3O5S. The van der Waals surface area contributed by atoms with E-state index in [1.54, 1.807) is 42.5 Å². The molecule has 3 rings (SSSR count). The molecule has 0 unspecified atom stereocenters. The molecule has 0 bridgehead atoms. The number of non-ortho nitro benzene ring substituents is 1. The molecule has 0 amide bonds. The number of ether oxygens (including phenoxy) is 1. The van der Waals surface area contributed by atoms with Crippen LogP contribution in [0, 0.1) is 10.1 Å². The maximum atomic E-state index is 12.6. The zero-order valence-corrected chi connectivity index (χ0v) is 15.5. The standard InChI is InChI=1S/C18H21N3O5S/c22-21(23)16-5-4-6-17(15-16)26-14-13-19-9-11-20(12-10-19)27(24,25)18-7-2-1-3-8-18/h1-8,15H,9-14H2. The molecule has 0 saturated carbocycles. The van der Waals surface area contributed by atoms with Gasteiger partial charge in [0.05, 0.1) is 15.9 Å². The lowest BCUT2D eigenvalue weighted by molar-refractivity contribution is -0.384. The second-order valence-corrected chi connectivity index (χ2v) is 8.10. The second kappa shape index (κ2) is 8.47. The predicted molar refractivity (Wildman–Crippen MR) is 100 cm³/mol. The number of piperazine rings is 1. The van der Waals surface area contributed by atoms with Gasteiger partial charge in [-0.25, -0.2) is 8.42 Å². The highest BCUT2D eigenvalue weighted by molar-refractivity contribution is 7.89. The summed E-state index contributed by atoms with van der Waals surface area (Å²) in [6.45, 7) is 3.09. The monoisotopic (exact) mass is 391 g/mol. The number of rotatable bonds is 7. The van der Waals surface area contributed by atoms with Gasteiger partial charge in [-0.3, -0.25) is 15.0 Å². The van der Waals surface area contributed by atoms with Crippen LogP contribution in [-0.2, 0) is 10.0 Å². The maximum Gasteiger partial charge on any atom is 0.273 e. The van der Waals surface area contributed by atoms with Crippen molar-refractivity contribution in [2.45, 2.75) is 4.90 Å². The topological polar surface area (TPSA) is 93.0 Å². The second-order valence-electron chi connectivity index (χ2n) is 6.16. The van der Waals surface area contributed by atoms with Gasteiger partial charge >= 0.3 is 0 Å². The van der Waals surface area contributed by atoms with Crippen molar-refractivity contribution >= 4 is 15.7 Å². The van der Waals surface area contributed by atoms with Gasteiger partial charge in [0, 0.05) is 38.8 Å². The molecule has 1 aliphatic heterocycles. The van der Waals surface area contributed by atoms with Crippen LogP contribution < -0.4 is 4.74 Å². The Morgan fingerprint density at radius 2 is 1.70 bits per heavy atom. The van der Waals surface area contributed by atoms with Crippen LogP contribution in [0.1, 0.15) is 0 Å². The summed E-state index contributed by atoms with van der Waals surface area (Å²) in [5.41, 5.74) is -0.00719. The largest absolute Gasteiger partial charge is 0.492 e. The third-order valence-corrected chi connectivity index (χ3v) is 6.33. The van der Waals surface area contributed by atoms with E-state index in [-0.39, 0.29) is 5.69 Å². The Kier molecular flexibility index (Phi) is 6.04. The molecule has 0 aromatic heterocycles. The van der Waals surface area contributed by atoms with Crippen LogP contribution in [0.15, 0.2) is 59.5 Å². The van der Waals surface area contributed by atoms with E-state index in [2.05, 4.69) is 4.90 Å². The first-order valence-corrected chi connectivity index (χ1v) is 10.1. The fraction of sp³-hybridized carbons (Fsp3) is 0.333. The van der Waals surface area contributed by atoms with Gasteiger partial charge in [0.15, 0.2) is 0 Å². The van der Waals surface area contributed by atoms with Crippen LogP contribution >= 0.6 is 0 Å². The maximum absolute atomic E-state index is 12.6.